The molecule has 0 radical (unpaired) electrons. The predicted molar refractivity (Wildman–Crippen MR) is 74.8 cm³/mol. The standard InChI is InChI=1S/C13H12N2S2/c1-14-12(11-7-16-8-15-11)10-4-2-3-9-5-6-17-13(9)10/h2-8,12,14H,1H3. The molecule has 0 aliphatic carbocycles. The van der Waals surface area contributed by atoms with E-state index >= 15 is 0 Å². The smallest absolute Gasteiger partial charge is 0.0795 e. The van der Waals surface area contributed by atoms with Crippen LogP contribution in [0.4, 0.5) is 0 Å². The van der Waals surface area contributed by atoms with Crippen LogP contribution in [0.15, 0.2) is 40.5 Å². The van der Waals surface area contributed by atoms with Crippen LogP contribution in [0, 0.1) is 0 Å². The third-order valence-electron chi connectivity index (χ3n) is 2.86. The summed E-state index contributed by atoms with van der Waals surface area (Å²) in [5.74, 6) is 0. The van der Waals surface area contributed by atoms with E-state index in [1.165, 1.54) is 15.6 Å². The molecular weight excluding hydrogens is 248 g/mol. The van der Waals surface area contributed by atoms with Crippen LogP contribution in [0.1, 0.15) is 17.3 Å². The Kier molecular flexibility index (Phi) is 2.93. The zero-order chi connectivity index (χ0) is 11.7. The monoisotopic (exact) mass is 260 g/mol. The van der Waals surface area contributed by atoms with Gasteiger partial charge in [-0.3, -0.25) is 0 Å². The van der Waals surface area contributed by atoms with Gasteiger partial charge in [-0.1, -0.05) is 18.2 Å². The Labute approximate surface area is 108 Å². The van der Waals surface area contributed by atoms with Crippen molar-refractivity contribution in [2.45, 2.75) is 6.04 Å². The Morgan fingerprint density at radius 2 is 2.24 bits per heavy atom. The van der Waals surface area contributed by atoms with Crippen molar-refractivity contribution in [3.63, 3.8) is 0 Å². The van der Waals surface area contributed by atoms with Gasteiger partial charge in [0.15, 0.2) is 0 Å². The van der Waals surface area contributed by atoms with Crippen molar-refractivity contribution in [3.8, 4) is 0 Å². The fraction of sp³-hybridized carbons (Fsp3) is 0.154. The van der Waals surface area contributed by atoms with Crippen molar-refractivity contribution in [2.75, 3.05) is 7.05 Å². The van der Waals surface area contributed by atoms with Crippen molar-refractivity contribution in [2.24, 2.45) is 0 Å². The second-order valence-electron chi connectivity index (χ2n) is 3.82. The molecule has 0 aliphatic rings. The number of hydrogen-bond donors (Lipinski definition) is 1. The molecule has 0 bridgehead atoms. The van der Waals surface area contributed by atoms with E-state index in [-0.39, 0.29) is 6.04 Å². The minimum atomic E-state index is 0.184. The van der Waals surface area contributed by atoms with E-state index in [4.69, 9.17) is 0 Å². The van der Waals surface area contributed by atoms with Gasteiger partial charge in [-0.15, -0.1) is 22.7 Å². The van der Waals surface area contributed by atoms with Crippen LogP contribution in [0.25, 0.3) is 10.1 Å². The number of benzene rings is 1. The summed E-state index contributed by atoms with van der Waals surface area (Å²) in [5, 5.41) is 8.91. The third-order valence-corrected chi connectivity index (χ3v) is 4.44. The van der Waals surface area contributed by atoms with Crippen molar-refractivity contribution < 1.29 is 0 Å². The van der Waals surface area contributed by atoms with Gasteiger partial charge in [0.25, 0.3) is 0 Å². The fourth-order valence-corrected chi connectivity index (χ4v) is 3.60. The first-order valence-electron chi connectivity index (χ1n) is 5.41. The van der Waals surface area contributed by atoms with Gasteiger partial charge in [-0.2, -0.15) is 0 Å². The molecule has 0 saturated heterocycles. The quantitative estimate of drug-likeness (QED) is 0.777. The van der Waals surface area contributed by atoms with Crippen LogP contribution in [0.5, 0.6) is 0 Å². The van der Waals surface area contributed by atoms with Gasteiger partial charge in [0.05, 0.1) is 17.2 Å². The van der Waals surface area contributed by atoms with E-state index < -0.39 is 0 Å². The lowest BCUT2D eigenvalue weighted by molar-refractivity contribution is 0.681. The largest absolute Gasteiger partial charge is 0.308 e. The van der Waals surface area contributed by atoms with Crippen LogP contribution in [0.2, 0.25) is 0 Å². The highest BCUT2D eigenvalue weighted by Gasteiger charge is 2.16. The fourth-order valence-electron chi connectivity index (χ4n) is 2.07. The number of thiophene rings is 1. The predicted octanol–water partition coefficient (Wildman–Crippen LogP) is 3.67. The lowest BCUT2D eigenvalue weighted by Gasteiger charge is -2.15. The van der Waals surface area contributed by atoms with E-state index in [2.05, 4.69) is 45.3 Å². The molecule has 0 aliphatic heterocycles. The number of rotatable bonds is 3. The number of nitrogens with one attached hydrogen (secondary N) is 1. The maximum Gasteiger partial charge on any atom is 0.0795 e. The maximum absolute atomic E-state index is 4.42. The maximum atomic E-state index is 4.42. The average Bonchev–Trinajstić information content (AvgIpc) is 3.00. The summed E-state index contributed by atoms with van der Waals surface area (Å²) in [4.78, 5) is 4.42. The summed E-state index contributed by atoms with van der Waals surface area (Å²) >= 11 is 3.43. The molecule has 1 aromatic carbocycles. The van der Waals surface area contributed by atoms with Crippen LogP contribution in [0.3, 0.4) is 0 Å². The lowest BCUT2D eigenvalue weighted by Crippen LogP contribution is -2.17. The summed E-state index contributed by atoms with van der Waals surface area (Å²) < 4.78 is 1.35. The molecule has 2 heterocycles. The molecule has 0 fully saturated rings. The Balaban J connectivity index is 2.16. The normalized spacial score (nSPS) is 13.0. The summed E-state index contributed by atoms with van der Waals surface area (Å²) in [7, 11) is 1.98. The highest BCUT2D eigenvalue weighted by atomic mass is 32.1. The van der Waals surface area contributed by atoms with E-state index in [0.29, 0.717) is 0 Å². The summed E-state index contributed by atoms with van der Waals surface area (Å²) in [5.41, 5.74) is 4.29. The number of nitrogens with zero attached hydrogens (tertiary/aromatic N) is 1. The summed E-state index contributed by atoms with van der Waals surface area (Å²) in [6.45, 7) is 0. The molecule has 3 aromatic rings. The van der Waals surface area contributed by atoms with E-state index in [0.717, 1.165) is 5.69 Å². The molecule has 1 atom stereocenters. The first-order valence-corrected chi connectivity index (χ1v) is 7.24. The van der Waals surface area contributed by atoms with Gasteiger partial charge >= 0.3 is 0 Å². The van der Waals surface area contributed by atoms with Gasteiger partial charge in [-0.05, 0) is 29.4 Å². The SMILES string of the molecule is CNC(c1cscn1)c1cccc2ccsc12. The zero-order valence-corrected chi connectivity index (χ0v) is 11.0. The molecule has 2 nitrogen and oxygen atoms in total. The number of thiazole rings is 1. The molecule has 3 rings (SSSR count). The minimum Gasteiger partial charge on any atom is -0.308 e. The van der Waals surface area contributed by atoms with Gasteiger partial charge in [0.1, 0.15) is 0 Å². The Hall–Kier alpha value is -1.23. The Morgan fingerprint density at radius 1 is 1.29 bits per heavy atom. The molecule has 0 saturated carbocycles. The first-order chi connectivity index (χ1) is 8.40. The van der Waals surface area contributed by atoms with E-state index in [1.807, 2.05) is 12.6 Å². The second kappa shape index (κ2) is 4.56. The third kappa shape index (κ3) is 1.88. The Morgan fingerprint density at radius 3 is 3.00 bits per heavy atom. The first kappa shape index (κ1) is 10.9. The molecule has 0 spiro atoms. The van der Waals surface area contributed by atoms with Crippen molar-refractivity contribution in [3.05, 3.63) is 51.8 Å². The topological polar surface area (TPSA) is 24.9 Å². The van der Waals surface area contributed by atoms with Gasteiger partial charge in [0, 0.05) is 10.1 Å². The van der Waals surface area contributed by atoms with Crippen molar-refractivity contribution in [1.82, 2.24) is 10.3 Å². The van der Waals surface area contributed by atoms with Crippen LogP contribution < -0.4 is 5.32 Å². The van der Waals surface area contributed by atoms with Crippen LogP contribution in [-0.4, -0.2) is 12.0 Å². The molecule has 86 valence electrons. The zero-order valence-electron chi connectivity index (χ0n) is 9.38. The van der Waals surface area contributed by atoms with Crippen molar-refractivity contribution >= 4 is 32.8 Å². The van der Waals surface area contributed by atoms with E-state index in [1.54, 1.807) is 22.7 Å². The number of hydrogen-bond acceptors (Lipinski definition) is 4. The van der Waals surface area contributed by atoms with Crippen molar-refractivity contribution in [1.29, 1.82) is 0 Å². The molecule has 1 unspecified atom stereocenters. The van der Waals surface area contributed by atoms with E-state index in [9.17, 15) is 0 Å². The summed E-state index contributed by atoms with van der Waals surface area (Å²) in [6.07, 6.45) is 0. The highest BCUT2D eigenvalue weighted by Crippen LogP contribution is 2.31. The number of fused-ring (bicyclic) bond motifs is 1. The van der Waals surface area contributed by atoms with Gasteiger partial charge < -0.3 is 5.32 Å². The molecule has 4 heteroatoms. The second-order valence-corrected chi connectivity index (χ2v) is 5.46. The molecule has 2 aromatic heterocycles. The summed E-state index contributed by atoms with van der Waals surface area (Å²) in [6, 6.07) is 8.80. The molecule has 17 heavy (non-hydrogen) atoms. The van der Waals surface area contributed by atoms with Crippen LogP contribution >= 0.6 is 22.7 Å². The average molecular weight is 260 g/mol. The molecular formula is C13H12N2S2. The minimum absolute atomic E-state index is 0.184. The lowest BCUT2D eigenvalue weighted by atomic mass is 10.0. The van der Waals surface area contributed by atoms with Gasteiger partial charge in [-0.25, -0.2) is 4.98 Å². The highest BCUT2D eigenvalue weighted by molar-refractivity contribution is 7.17. The van der Waals surface area contributed by atoms with Gasteiger partial charge in [0.2, 0.25) is 0 Å². The molecule has 1 N–H and O–H groups in total. The molecule has 0 amide bonds. The number of aromatic nitrogens is 1. The Bertz CT molecular complexity index is 613. The van der Waals surface area contributed by atoms with Crippen LogP contribution in [-0.2, 0) is 0 Å².